The van der Waals surface area contributed by atoms with Gasteiger partial charge in [0.25, 0.3) is 0 Å². The monoisotopic (exact) mass is 387 g/mol. The number of benzene rings is 1. The van der Waals surface area contributed by atoms with Gasteiger partial charge < -0.3 is 0 Å². The van der Waals surface area contributed by atoms with Crippen LogP contribution in [-0.4, -0.2) is 26.5 Å². The summed E-state index contributed by atoms with van der Waals surface area (Å²) in [6, 6.07) is 8.52. The molecule has 1 aromatic carbocycles. The molecular weight excluding hydrogens is 361 g/mol. The second kappa shape index (κ2) is 9.06. The molecule has 0 fully saturated rings. The number of para-hydroxylation sites is 1. The molecule has 3 rings (SSSR count). The molecule has 0 aliphatic heterocycles. The van der Waals surface area contributed by atoms with Gasteiger partial charge in [0.15, 0.2) is 0 Å². The van der Waals surface area contributed by atoms with Gasteiger partial charge in [-0.25, -0.2) is 0 Å². The number of aryl methyl sites for hydroxylation is 1. The standard InChI is InChI=1S/C20H25N3Se/c21-15-24-14-8-2-1-7-13-22-20-16-9-3-5-11-18(16)23-19-12-6-4-10-17(19)20/h3,5,9,11H,1-2,4,6-8,10,12-14H2,(H,22,23). The van der Waals surface area contributed by atoms with Gasteiger partial charge in [-0.05, 0) is 0 Å². The van der Waals surface area contributed by atoms with Gasteiger partial charge in [0.2, 0.25) is 0 Å². The number of nitriles is 1. The molecular formula is C20H25N3Se. The number of pyridine rings is 1. The summed E-state index contributed by atoms with van der Waals surface area (Å²) >= 11 is 0.202. The molecule has 3 nitrogen and oxygen atoms in total. The van der Waals surface area contributed by atoms with Crippen molar-refractivity contribution in [2.75, 3.05) is 11.9 Å². The Morgan fingerprint density at radius 2 is 1.92 bits per heavy atom. The van der Waals surface area contributed by atoms with Crippen LogP contribution in [0.2, 0.25) is 5.32 Å². The predicted octanol–water partition coefficient (Wildman–Crippen LogP) is 4.69. The van der Waals surface area contributed by atoms with Crippen molar-refractivity contribution in [3.63, 3.8) is 0 Å². The zero-order valence-corrected chi connectivity index (χ0v) is 15.9. The molecule has 0 saturated carbocycles. The van der Waals surface area contributed by atoms with Gasteiger partial charge in [0.05, 0.1) is 0 Å². The molecule has 1 aromatic heterocycles. The molecule has 0 radical (unpaired) electrons. The van der Waals surface area contributed by atoms with Crippen molar-refractivity contribution in [2.24, 2.45) is 0 Å². The fraction of sp³-hybridized carbons (Fsp3) is 0.500. The minimum absolute atomic E-state index is 0.202. The van der Waals surface area contributed by atoms with Crippen LogP contribution in [0.25, 0.3) is 10.9 Å². The topological polar surface area (TPSA) is 48.7 Å². The van der Waals surface area contributed by atoms with E-state index >= 15 is 0 Å². The average molecular weight is 386 g/mol. The number of fused-ring (bicyclic) bond motifs is 2. The van der Waals surface area contributed by atoms with Gasteiger partial charge in [-0.2, -0.15) is 0 Å². The Labute approximate surface area is 151 Å². The van der Waals surface area contributed by atoms with Crippen LogP contribution in [0.1, 0.15) is 49.8 Å². The number of hydrogen-bond donors (Lipinski definition) is 1. The van der Waals surface area contributed by atoms with Gasteiger partial charge in [-0.15, -0.1) is 0 Å². The Morgan fingerprint density at radius 3 is 2.83 bits per heavy atom. The van der Waals surface area contributed by atoms with Crippen LogP contribution in [0.4, 0.5) is 5.69 Å². The Hall–Kier alpha value is -1.56. The van der Waals surface area contributed by atoms with Gasteiger partial charge in [0.1, 0.15) is 0 Å². The van der Waals surface area contributed by atoms with E-state index in [1.165, 1.54) is 60.9 Å². The fourth-order valence-electron chi connectivity index (χ4n) is 3.49. The SMILES string of the molecule is N#C[Se]CCCCCCNc1c2c(nc3ccccc13)CCCC2. The molecule has 0 amide bonds. The number of rotatable bonds is 8. The van der Waals surface area contributed by atoms with Crippen molar-refractivity contribution in [1.82, 2.24) is 4.98 Å². The zero-order valence-electron chi connectivity index (χ0n) is 14.2. The van der Waals surface area contributed by atoms with Crippen molar-refractivity contribution in [1.29, 1.82) is 5.26 Å². The normalized spacial score (nSPS) is 13.5. The average Bonchev–Trinajstić information content (AvgIpc) is 2.63. The van der Waals surface area contributed by atoms with E-state index in [0.29, 0.717) is 0 Å². The molecule has 2 aromatic rings. The summed E-state index contributed by atoms with van der Waals surface area (Å²) in [5.41, 5.74) is 5.22. The second-order valence-electron chi connectivity index (χ2n) is 6.42. The van der Waals surface area contributed by atoms with Crippen LogP contribution < -0.4 is 5.32 Å². The van der Waals surface area contributed by atoms with Crippen molar-refractivity contribution >= 4 is 31.5 Å². The Kier molecular flexibility index (Phi) is 6.52. The third-order valence-electron chi connectivity index (χ3n) is 4.71. The molecule has 0 bridgehead atoms. The summed E-state index contributed by atoms with van der Waals surface area (Å²) in [7, 11) is 0. The Bertz CT molecular complexity index is 721. The van der Waals surface area contributed by atoms with E-state index in [1.807, 2.05) is 0 Å². The Balaban J connectivity index is 1.62. The van der Waals surface area contributed by atoms with Gasteiger partial charge in [-0.3, -0.25) is 0 Å². The van der Waals surface area contributed by atoms with E-state index in [-0.39, 0.29) is 15.0 Å². The van der Waals surface area contributed by atoms with Gasteiger partial charge in [-0.1, -0.05) is 0 Å². The van der Waals surface area contributed by atoms with Gasteiger partial charge >= 0.3 is 151 Å². The van der Waals surface area contributed by atoms with Crippen LogP contribution in [0.3, 0.4) is 0 Å². The molecule has 0 saturated heterocycles. The Morgan fingerprint density at radius 1 is 1.08 bits per heavy atom. The van der Waals surface area contributed by atoms with Crippen LogP contribution >= 0.6 is 0 Å². The molecule has 1 N–H and O–H groups in total. The first kappa shape index (κ1) is 17.3. The molecule has 1 aliphatic carbocycles. The van der Waals surface area contributed by atoms with Crippen molar-refractivity contribution in [3.05, 3.63) is 35.5 Å². The van der Waals surface area contributed by atoms with Crippen LogP contribution in [0.15, 0.2) is 24.3 Å². The first-order valence-corrected chi connectivity index (χ1v) is 11.1. The van der Waals surface area contributed by atoms with Crippen LogP contribution in [-0.2, 0) is 12.8 Å². The predicted molar refractivity (Wildman–Crippen MR) is 102 cm³/mol. The minimum atomic E-state index is 0.202. The molecule has 1 heterocycles. The van der Waals surface area contributed by atoms with Crippen molar-refractivity contribution in [3.8, 4) is 4.97 Å². The third-order valence-corrected chi connectivity index (χ3v) is 6.01. The van der Waals surface area contributed by atoms with E-state index in [9.17, 15) is 0 Å². The van der Waals surface area contributed by atoms with E-state index in [1.54, 1.807) is 0 Å². The zero-order chi connectivity index (χ0) is 16.6. The summed E-state index contributed by atoms with van der Waals surface area (Å²) in [6.45, 7) is 1.03. The molecule has 24 heavy (non-hydrogen) atoms. The van der Waals surface area contributed by atoms with E-state index in [0.717, 1.165) is 30.2 Å². The first-order valence-electron chi connectivity index (χ1n) is 9.05. The molecule has 0 spiro atoms. The fourth-order valence-corrected chi connectivity index (χ4v) is 4.41. The number of anilines is 1. The molecule has 126 valence electrons. The quantitative estimate of drug-likeness (QED) is 0.529. The van der Waals surface area contributed by atoms with Crippen molar-refractivity contribution < 1.29 is 0 Å². The van der Waals surface area contributed by atoms with E-state index in [4.69, 9.17) is 10.2 Å². The summed E-state index contributed by atoms with van der Waals surface area (Å²) in [5.74, 6) is 0. The number of nitrogens with zero attached hydrogens (tertiary/aromatic N) is 2. The molecule has 1 aliphatic rings. The number of nitrogens with one attached hydrogen (secondary N) is 1. The van der Waals surface area contributed by atoms with Crippen LogP contribution in [0, 0.1) is 10.2 Å². The van der Waals surface area contributed by atoms with E-state index < -0.39 is 0 Å². The molecule has 4 heteroatoms. The summed E-state index contributed by atoms with van der Waals surface area (Å²) in [5, 5.41) is 14.7. The third kappa shape index (κ3) is 4.29. The number of unbranched alkanes of at least 4 members (excludes halogenated alkanes) is 3. The second-order valence-corrected chi connectivity index (χ2v) is 8.26. The first-order chi connectivity index (χ1) is 11.9. The summed E-state index contributed by atoms with van der Waals surface area (Å²) < 4.78 is 0. The van der Waals surface area contributed by atoms with Gasteiger partial charge in [0, 0.05) is 0 Å². The number of hydrogen-bond acceptors (Lipinski definition) is 3. The molecule has 0 unspecified atom stereocenters. The maximum absolute atomic E-state index is 8.58. The van der Waals surface area contributed by atoms with Crippen molar-refractivity contribution in [2.45, 2.75) is 56.7 Å². The molecule has 0 atom stereocenters. The van der Waals surface area contributed by atoms with Crippen LogP contribution in [0.5, 0.6) is 0 Å². The van der Waals surface area contributed by atoms with E-state index in [2.05, 4.69) is 34.5 Å². The maximum atomic E-state index is 8.58. The number of aromatic nitrogens is 1. The summed E-state index contributed by atoms with van der Waals surface area (Å²) in [6.07, 6.45) is 9.73. The summed E-state index contributed by atoms with van der Waals surface area (Å²) in [4.78, 5) is 7.18.